The number of benzene rings is 1. The van der Waals surface area contributed by atoms with Crippen molar-refractivity contribution in [2.75, 3.05) is 13.1 Å². The SMILES string of the molecule is O=C(O)[C@H]1CCN(S(=O)(=O)c2ccc(Br)cc2Cl)C1. The van der Waals surface area contributed by atoms with Crippen LogP contribution in [0.2, 0.25) is 5.02 Å². The van der Waals surface area contributed by atoms with Crippen LogP contribution in [0.4, 0.5) is 0 Å². The highest BCUT2D eigenvalue weighted by Gasteiger charge is 2.36. The molecule has 0 spiro atoms. The summed E-state index contributed by atoms with van der Waals surface area (Å²) in [6, 6.07) is 4.50. The van der Waals surface area contributed by atoms with Gasteiger partial charge in [0.25, 0.3) is 0 Å². The molecule has 1 aliphatic rings. The van der Waals surface area contributed by atoms with Gasteiger partial charge in [0.2, 0.25) is 10.0 Å². The number of halogens is 2. The average Bonchev–Trinajstić information content (AvgIpc) is 2.78. The summed E-state index contributed by atoms with van der Waals surface area (Å²) in [6.45, 7) is 0.190. The summed E-state index contributed by atoms with van der Waals surface area (Å²) in [5.74, 6) is -1.62. The molecule has 1 fully saturated rings. The molecule has 104 valence electrons. The van der Waals surface area contributed by atoms with Crippen molar-refractivity contribution in [3.8, 4) is 0 Å². The van der Waals surface area contributed by atoms with Crippen LogP contribution in [0.3, 0.4) is 0 Å². The molecular weight excluding hydrogens is 358 g/mol. The van der Waals surface area contributed by atoms with E-state index in [-0.39, 0.29) is 23.0 Å². The molecular formula is C11H11BrClNO4S. The summed E-state index contributed by atoms with van der Waals surface area (Å²) in [5.41, 5.74) is 0. The molecule has 0 radical (unpaired) electrons. The molecule has 5 nitrogen and oxygen atoms in total. The van der Waals surface area contributed by atoms with E-state index >= 15 is 0 Å². The fraction of sp³-hybridized carbons (Fsp3) is 0.364. The van der Waals surface area contributed by atoms with E-state index in [1.807, 2.05) is 0 Å². The second-order valence-corrected chi connectivity index (χ2v) is 7.49. The quantitative estimate of drug-likeness (QED) is 0.887. The van der Waals surface area contributed by atoms with E-state index in [9.17, 15) is 13.2 Å². The zero-order chi connectivity index (χ0) is 14.2. The lowest BCUT2D eigenvalue weighted by atomic mass is 10.1. The standard InChI is InChI=1S/C11H11BrClNO4S/c12-8-1-2-10(9(13)5-8)19(17,18)14-4-3-7(6-14)11(15)16/h1-2,5,7H,3-4,6H2,(H,15,16)/t7-/m0/s1. The first kappa shape index (κ1) is 14.8. The molecule has 0 amide bonds. The number of hydrogen-bond donors (Lipinski definition) is 1. The highest BCUT2D eigenvalue weighted by Crippen LogP contribution is 2.30. The predicted molar refractivity (Wildman–Crippen MR) is 73.7 cm³/mol. The summed E-state index contributed by atoms with van der Waals surface area (Å²) in [6.07, 6.45) is 0.322. The third-order valence-electron chi connectivity index (χ3n) is 3.01. The van der Waals surface area contributed by atoms with Gasteiger partial charge in [-0.3, -0.25) is 4.79 Å². The maximum atomic E-state index is 12.4. The van der Waals surface area contributed by atoms with E-state index in [1.165, 1.54) is 16.4 Å². The minimum Gasteiger partial charge on any atom is -0.481 e. The molecule has 2 rings (SSSR count). The molecule has 1 heterocycles. The molecule has 1 aromatic rings. The van der Waals surface area contributed by atoms with Crippen LogP contribution in [0, 0.1) is 5.92 Å². The van der Waals surface area contributed by atoms with Crippen molar-refractivity contribution in [1.29, 1.82) is 0 Å². The lowest BCUT2D eigenvalue weighted by Gasteiger charge is -2.16. The Bertz CT molecular complexity index is 619. The van der Waals surface area contributed by atoms with E-state index in [2.05, 4.69) is 15.9 Å². The maximum Gasteiger partial charge on any atom is 0.307 e. The third-order valence-corrected chi connectivity index (χ3v) is 5.85. The zero-order valence-corrected chi connectivity index (χ0v) is 12.9. The number of nitrogens with zero attached hydrogens (tertiary/aromatic N) is 1. The molecule has 1 aromatic carbocycles. The summed E-state index contributed by atoms with van der Waals surface area (Å²) in [7, 11) is -3.74. The van der Waals surface area contributed by atoms with Gasteiger partial charge in [0.05, 0.1) is 10.9 Å². The van der Waals surface area contributed by atoms with Crippen molar-refractivity contribution in [2.24, 2.45) is 5.92 Å². The molecule has 1 aliphatic heterocycles. The number of sulfonamides is 1. The van der Waals surface area contributed by atoms with Gasteiger partial charge >= 0.3 is 5.97 Å². The molecule has 0 unspecified atom stereocenters. The van der Waals surface area contributed by atoms with Crippen molar-refractivity contribution in [2.45, 2.75) is 11.3 Å². The molecule has 0 aliphatic carbocycles. The minimum atomic E-state index is -3.74. The van der Waals surface area contributed by atoms with Crippen LogP contribution in [0.25, 0.3) is 0 Å². The molecule has 1 saturated heterocycles. The predicted octanol–water partition coefficient (Wildman–Crippen LogP) is 2.20. The highest BCUT2D eigenvalue weighted by atomic mass is 79.9. The average molecular weight is 369 g/mol. The lowest BCUT2D eigenvalue weighted by Crippen LogP contribution is -2.30. The first-order valence-electron chi connectivity index (χ1n) is 5.50. The Morgan fingerprint density at radius 2 is 2.16 bits per heavy atom. The number of carboxylic acid groups (broad SMARTS) is 1. The largest absolute Gasteiger partial charge is 0.481 e. The van der Waals surface area contributed by atoms with Crippen LogP contribution in [-0.2, 0) is 14.8 Å². The second-order valence-electron chi connectivity index (χ2n) is 4.26. The topological polar surface area (TPSA) is 74.7 Å². The van der Waals surface area contributed by atoms with Crippen molar-refractivity contribution >= 4 is 43.5 Å². The van der Waals surface area contributed by atoms with Gasteiger partial charge in [0.1, 0.15) is 4.90 Å². The van der Waals surface area contributed by atoms with Gasteiger partial charge in [-0.2, -0.15) is 4.31 Å². The number of hydrogen-bond acceptors (Lipinski definition) is 3. The van der Waals surface area contributed by atoms with Gasteiger partial charge in [-0.25, -0.2) is 8.42 Å². The van der Waals surface area contributed by atoms with Crippen molar-refractivity contribution in [3.05, 3.63) is 27.7 Å². The van der Waals surface area contributed by atoms with E-state index in [1.54, 1.807) is 6.07 Å². The van der Waals surface area contributed by atoms with E-state index in [0.29, 0.717) is 10.9 Å². The Balaban J connectivity index is 2.31. The minimum absolute atomic E-state index is 0.00315. The van der Waals surface area contributed by atoms with Gasteiger partial charge in [-0.15, -0.1) is 0 Å². The van der Waals surface area contributed by atoms with Gasteiger partial charge in [-0.1, -0.05) is 27.5 Å². The Morgan fingerprint density at radius 1 is 1.47 bits per heavy atom. The Hall–Kier alpha value is -0.630. The van der Waals surface area contributed by atoms with Gasteiger partial charge < -0.3 is 5.11 Å². The number of rotatable bonds is 3. The van der Waals surface area contributed by atoms with E-state index in [0.717, 1.165) is 0 Å². The third kappa shape index (κ3) is 2.94. The molecule has 0 aromatic heterocycles. The fourth-order valence-corrected chi connectivity index (χ4v) is 4.48. The summed E-state index contributed by atoms with van der Waals surface area (Å²) >= 11 is 9.14. The highest BCUT2D eigenvalue weighted by molar-refractivity contribution is 9.10. The monoisotopic (exact) mass is 367 g/mol. The normalized spacial score (nSPS) is 20.6. The van der Waals surface area contributed by atoms with Crippen LogP contribution in [0.15, 0.2) is 27.6 Å². The molecule has 8 heteroatoms. The smallest absolute Gasteiger partial charge is 0.307 e. The summed E-state index contributed by atoms with van der Waals surface area (Å²) in [4.78, 5) is 10.9. The molecule has 0 bridgehead atoms. The Labute approximate surface area is 124 Å². The van der Waals surface area contributed by atoms with Crippen molar-refractivity contribution in [3.63, 3.8) is 0 Å². The Morgan fingerprint density at radius 3 is 2.68 bits per heavy atom. The molecule has 0 saturated carbocycles. The molecule has 19 heavy (non-hydrogen) atoms. The zero-order valence-electron chi connectivity index (χ0n) is 9.71. The van der Waals surface area contributed by atoms with Gasteiger partial charge in [0.15, 0.2) is 0 Å². The maximum absolute atomic E-state index is 12.4. The van der Waals surface area contributed by atoms with Crippen molar-refractivity contribution in [1.82, 2.24) is 4.31 Å². The summed E-state index contributed by atoms with van der Waals surface area (Å²) < 4.78 is 26.6. The van der Waals surface area contributed by atoms with E-state index in [4.69, 9.17) is 16.7 Å². The van der Waals surface area contributed by atoms with Crippen LogP contribution in [0.1, 0.15) is 6.42 Å². The summed E-state index contributed by atoms with van der Waals surface area (Å²) in [5, 5.41) is 9.02. The number of carboxylic acids is 1. The van der Waals surface area contributed by atoms with Crippen LogP contribution in [-0.4, -0.2) is 36.9 Å². The Kier molecular flexibility index (Phi) is 4.20. The van der Waals surface area contributed by atoms with Gasteiger partial charge in [-0.05, 0) is 24.6 Å². The van der Waals surface area contributed by atoms with Crippen LogP contribution >= 0.6 is 27.5 Å². The van der Waals surface area contributed by atoms with Crippen LogP contribution in [0.5, 0.6) is 0 Å². The molecule has 1 N–H and O–H groups in total. The first-order chi connectivity index (χ1) is 8.82. The van der Waals surface area contributed by atoms with Gasteiger partial charge in [0, 0.05) is 17.6 Å². The molecule has 1 atom stereocenters. The second kappa shape index (κ2) is 5.40. The van der Waals surface area contributed by atoms with E-state index < -0.39 is 21.9 Å². The first-order valence-corrected chi connectivity index (χ1v) is 8.11. The number of aliphatic carboxylic acids is 1. The van der Waals surface area contributed by atoms with Crippen molar-refractivity contribution < 1.29 is 18.3 Å². The number of carbonyl (C=O) groups is 1. The van der Waals surface area contributed by atoms with Crippen LogP contribution < -0.4 is 0 Å². The lowest BCUT2D eigenvalue weighted by molar-refractivity contribution is -0.141. The fourth-order valence-electron chi connectivity index (χ4n) is 1.97.